The highest BCUT2D eigenvalue weighted by Crippen LogP contribution is 2.31. The van der Waals surface area contributed by atoms with Gasteiger partial charge in [-0.3, -0.25) is 9.59 Å². The van der Waals surface area contributed by atoms with E-state index in [1.807, 2.05) is 24.3 Å². The second-order valence-electron chi connectivity index (χ2n) is 8.20. The van der Waals surface area contributed by atoms with Gasteiger partial charge in [0, 0.05) is 17.8 Å². The molecule has 0 aliphatic heterocycles. The van der Waals surface area contributed by atoms with Crippen molar-refractivity contribution in [2.45, 2.75) is 46.6 Å². The molecule has 0 aliphatic carbocycles. The molecule has 2 heterocycles. The number of methoxy groups -OCH3 is 1. The number of rotatable bonds is 8. The van der Waals surface area contributed by atoms with E-state index in [0.717, 1.165) is 11.1 Å². The molecule has 1 amide bonds. The van der Waals surface area contributed by atoms with E-state index in [-0.39, 0.29) is 17.2 Å². The van der Waals surface area contributed by atoms with Crippen molar-refractivity contribution in [3.63, 3.8) is 0 Å². The van der Waals surface area contributed by atoms with E-state index < -0.39 is 23.8 Å². The number of carbonyl (C=O) groups is 2. The largest absolute Gasteiger partial charge is 0.493 e. The lowest BCUT2D eigenvalue weighted by atomic mass is 10.0. The number of aromatic nitrogens is 3. The van der Waals surface area contributed by atoms with Gasteiger partial charge >= 0.3 is 5.97 Å². The lowest BCUT2D eigenvalue weighted by Crippen LogP contribution is -2.29. The van der Waals surface area contributed by atoms with Gasteiger partial charge in [0.25, 0.3) is 11.8 Å². The second kappa shape index (κ2) is 10.2. The van der Waals surface area contributed by atoms with E-state index in [1.54, 1.807) is 20.8 Å². The van der Waals surface area contributed by atoms with Crippen molar-refractivity contribution in [1.29, 1.82) is 0 Å². The van der Waals surface area contributed by atoms with Gasteiger partial charge < -0.3 is 19.3 Å². The number of pyridine rings is 1. The van der Waals surface area contributed by atoms with Crippen molar-refractivity contribution in [2.24, 2.45) is 5.92 Å². The highest BCUT2D eigenvalue weighted by atomic mass is 16.6. The Balaban J connectivity index is 1.81. The van der Waals surface area contributed by atoms with E-state index >= 15 is 0 Å². The Morgan fingerprint density at radius 2 is 1.85 bits per heavy atom. The fourth-order valence-corrected chi connectivity index (χ4v) is 2.96. The standard InChI is InChI=1S/C24H28N4O5/c1-13(2)16-8-7-9-17(12-16)23-27-21(28-33-23)15(5)26-22(29)19-20(32-24(30)14(3)4)18(31-6)10-11-25-19/h7-15H,1-6H3,(H,26,29)/t15-/m0/s1. The number of amides is 1. The minimum absolute atomic E-state index is 0.0392. The molecule has 0 aliphatic rings. The predicted molar refractivity (Wildman–Crippen MR) is 121 cm³/mol. The zero-order chi connectivity index (χ0) is 24.1. The second-order valence-corrected chi connectivity index (χ2v) is 8.20. The van der Waals surface area contributed by atoms with Gasteiger partial charge in [-0.05, 0) is 30.5 Å². The van der Waals surface area contributed by atoms with Crippen LogP contribution in [-0.4, -0.2) is 34.1 Å². The Kier molecular flexibility index (Phi) is 7.42. The average Bonchev–Trinajstić information content (AvgIpc) is 3.29. The van der Waals surface area contributed by atoms with Crippen LogP contribution < -0.4 is 14.8 Å². The van der Waals surface area contributed by atoms with Crippen LogP contribution in [-0.2, 0) is 4.79 Å². The molecule has 0 spiro atoms. The number of ether oxygens (including phenoxy) is 2. The lowest BCUT2D eigenvalue weighted by molar-refractivity contribution is -0.137. The van der Waals surface area contributed by atoms with E-state index in [0.29, 0.717) is 17.6 Å². The Hall–Kier alpha value is -3.75. The Bertz CT molecular complexity index is 1140. The predicted octanol–water partition coefficient (Wildman–Crippen LogP) is 4.32. The quantitative estimate of drug-likeness (QED) is 0.502. The number of esters is 1. The first-order chi connectivity index (χ1) is 15.7. The maximum Gasteiger partial charge on any atom is 0.313 e. The highest BCUT2D eigenvalue weighted by Gasteiger charge is 2.25. The van der Waals surface area contributed by atoms with Crippen molar-refractivity contribution in [3.05, 3.63) is 53.6 Å². The normalized spacial score (nSPS) is 12.0. The summed E-state index contributed by atoms with van der Waals surface area (Å²) >= 11 is 0. The summed E-state index contributed by atoms with van der Waals surface area (Å²) in [6, 6.07) is 8.79. The molecule has 33 heavy (non-hydrogen) atoms. The van der Waals surface area contributed by atoms with Crippen LogP contribution in [0.15, 0.2) is 41.1 Å². The van der Waals surface area contributed by atoms with Crippen LogP contribution in [0.25, 0.3) is 11.5 Å². The van der Waals surface area contributed by atoms with Crippen molar-refractivity contribution >= 4 is 11.9 Å². The molecule has 3 rings (SSSR count). The van der Waals surface area contributed by atoms with Gasteiger partial charge in [0.15, 0.2) is 17.3 Å². The number of hydrogen-bond acceptors (Lipinski definition) is 8. The third-order valence-electron chi connectivity index (χ3n) is 4.95. The van der Waals surface area contributed by atoms with E-state index in [2.05, 4.69) is 34.3 Å². The smallest absolute Gasteiger partial charge is 0.313 e. The lowest BCUT2D eigenvalue weighted by Gasteiger charge is -2.15. The van der Waals surface area contributed by atoms with Crippen molar-refractivity contribution in [1.82, 2.24) is 20.4 Å². The molecule has 0 unspecified atom stereocenters. The number of carbonyl (C=O) groups excluding carboxylic acids is 2. The van der Waals surface area contributed by atoms with Crippen molar-refractivity contribution in [3.8, 4) is 23.0 Å². The van der Waals surface area contributed by atoms with E-state index in [1.165, 1.54) is 19.4 Å². The van der Waals surface area contributed by atoms with Gasteiger partial charge in [-0.1, -0.05) is 45.0 Å². The highest BCUT2D eigenvalue weighted by molar-refractivity contribution is 5.96. The minimum atomic E-state index is -0.593. The number of nitrogens with zero attached hydrogens (tertiary/aromatic N) is 3. The molecule has 174 valence electrons. The van der Waals surface area contributed by atoms with E-state index in [4.69, 9.17) is 14.0 Å². The molecule has 2 aromatic heterocycles. The van der Waals surface area contributed by atoms with Crippen molar-refractivity contribution < 1.29 is 23.6 Å². The Morgan fingerprint density at radius 1 is 1.09 bits per heavy atom. The van der Waals surface area contributed by atoms with Crippen molar-refractivity contribution in [2.75, 3.05) is 7.11 Å². The monoisotopic (exact) mass is 452 g/mol. The first kappa shape index (κ1) is 23.9. The van der Waals surface area contributed by atoms with Crippen LogP contribution in [0.5, 0.6) is 11.5 Å². The molecule has 1 N–H and O–H groups in total. The summed E-state index contributed by atoms with van der Waals surface area (Å²) in [7, 11) is 1.42. The van der Waals surface area contributed by atoms with Crippen LogP contribution in [0.4, 0.5) is 0 Å². The van der Waals surface area contributed by atoms with Crippen LogP contribution >= 0.6 is 0 Å². The topological polar surface area (TPSA) is 116 Å². The molecular formula is C24H28N4O5. The molecule has 0 radical (unpaired) electrons. The SMILES string of the molecule is COc1ccnc(C(=O)N[C@@H](C)c2noc(-c3cccc(C(C)C)c3)n2)c1OC(=O)C(C)C. The summed E-state index contributed by atoms with van der Waals surface area (Å²) in [5.74, 6) is -0.254. The zero-order valence-corrected chi connectivity index (χ0v) is 19.6. The number of nitrogens with one attached hydrogen (secondary N) is 1. The summed E-state index contributed by atoms with van der Waals surface area (Å²) in [6.45, 7) is 9.32. The average molecular weight is 453 g/mol. The maximum absolute atomic E-state index is 13.0. The molecule has 1 aromatic carbocycles. The van der Waals surface area contributed by atoms with Gasteiger partial charge in [0.2, 0.25) is 5.75 Å². The molecule has 9 nitrogen and oxygen atoms in total. The molecule has 1 atom stereocenters. The fraction of sp³-hybridized carbons (Fsp3) is 0.375. The van der Waals surface area contributed by atoms with Gasteiger partial charge in [0.1, 0.15) is 0 Å². The maximum atomic E-state index is 13.0. The zero-order valence-electron chi connectivity index (χ0n) is 19.6. The molecular weight excluding hydrogens is 424 g/mol. The summed E-state index contributed by atoms with van der Waals surface area (Å²) in [4.78, 5) is 33.6. The Morgan fingerprint density at radius 3 is 2.52 bits per heavy atom. The third-order valence-corrected chi connectivity index (χ3v) is 4.95. The minimum Gasteiger partial charge on any atom is -0.493 e. The summed E-state index contributed by atoms with van der Waals surface area (Å²) < 4.78 is 16.1. The molecule has 0 saturated carbocycles. The first-order valence-corrected chi connectivity index (χ1v) is 10.7. The Labute approximate surface area is 192 Å². The fourth-order valence-electron chi connectivity index (χ4n) is 2.96. The third kappa shape index (κ3) is 5.54. The van der Waals surface area contributed by atoms with Gasteiger partial charge in [-0.2, -0.15) is 4.98 Å². The summed E-state index contributed by atoms with van der Waals surface area (Å²) in [6.07, 6.45) is 1.40. The summed E-state index contributed by atoms with van der Waals surface area (Å²) in [5, 5.41) is 6.78. The molecule has 0 bridgehead atoms. The summed E-state index contributed by atoms with van der Waals surface area (Å²) in [5.41, 5.74) is 1.88. The molecule has 0 fully saturated rings. The molecule has 0 saturated heterocycles. The molecule has 3 aromatic rings. The van der Waals surface area contributed by atoms with Crippen LogP contribution in [0, 0.1) is 5.92 Å². The first-order valence-electron chi connectivity index (χ1n) is 10.7. The van der Waals surface area contributed by atoms with Crippen LogP contribution in [0.1, 0.15) is 68.5 Å². The number of hydrogen-bond donors (Lipinski definition) is 1. The van der Waals surface area contributed by atoms with Gasteiger partial charge in [0.05, 0.1) is 19.1 Å². The molecule has 9 heteroatoms. The van der Waals surface area contributed by atoms with Crippen LogP contribution in [0.2, 0.25) is 0 Å². The number of benzene rings is 1. The van der Waals surface area contributed by atoms with E-state index in [9.17, 15) is 9.59 Å². The van der Waals surface area contributed by atoms with Crippen LogP contribution in [0.3, 0.4) is 0 Å². The van der Waals surface area contributed by atoms with Gasteiger partial charge in [-0.15, -0.1) is 0 Å². The van der Waals surface area contributed by atoms with Gasteiger partial charge in [-0.25, -0.2) is 4.98 Å².